The molecule has 0 spiro atoms. The fourth-order valence-electron chi connectivity index (χ4n) is 4.76. The molecule has 2 aliphatic rings. The normalized spacial score (nSPS) is 20.2. The summed E-state index contributed by atoms with van der Waals surface area (Å²) >= 11 is 6.05. The molecule has 6 nitrogen and oxygen atoms in total. The Morgan fingerprint density at radius 2 is 1.79 bits per heavy atom. The van der Waals surface area contributed by atoms with Crippen LogP contribution < -0.4 is 10.1 Å². The highest BCUT2D eigenvalue weighted by molar-refractivity contribution is 6.30. The van der Waals surface area contributed by atoms with Crippen molar-refractivity contribution in [3.8, 4) is 11.5 Å². The summed E-state index contributed by atoms with van der Waals surface area (Å²) in [7, 11) is 1.46. The molecule has 1 aliphatic heterocycles. The molecule has 2 aromatic rings. The lowest BCUT2D eigenvalue weighted by molar-refractivity contribution is -0.143. The molecular formula is C27H28ClNO5. The third kappa shape index (κ3) is 4.55. The molecule has 1 aliphatic carbocycles. The van der Waals surface area contributed by atoms with Crippen LogP contribution in [0.1, 0.15) is 56.6 Å². The van der Waals surface area contributed by atoms with E-state index < -0.39 is 11.9 Å². The molecule has 4 rings (SSSR count). The van der Waals surface area contributed by atoms with E-state index in [2.05, 4.69) is 5.32 Å². The minimum atomic E-state index is -0.629. The maximum Gasteiger partial charge on any atom is 0.337 e. The van der Waals surface area contributed by atoms with Crippen LogP contribution in [0.15, 0.2) is 65.0 Å². The van der Waals surface area contributed by atoms with Gasteiger partial charge in [-0.2, -0.15) is 0 Å². The Balaban J connectivity index is 1.82. The number of aromatic hydroxyl groups is 1. The maximum absolute atomic E-state index is 13.6. The second-order valence-corrected chi connectivity index (χ2v) is 9.39. The summed E-state index contributed by atoms with van der Waals surface area (Å²) in [5, 5.41) is 14.1. The number of hydrogen-bond acceptors (Lipinski definition) is 6. The van der Waals surface area contributed by atoms with Crippen LogP contribution in [0.25, 0.3) is 0 Å². The number of carbonyl (C=O) groups excluding carboxylic acids is 2. The number of phenols is 1. The van der Waals surface area contributed by atoms with Crippen LogP contribution in [-0.4, -0.2) is 30.1 Å². The molecule has 0 radical (unpaired) electrons. The van der Waals surface area contributed by atoms with Crippen molar-refractivity contribution in [1.82, 2.24) is 5.32 Å². The topological polar surface area (TPSA) is 84.9 Å². The first-order valence-corrected chi connectivity index (χ1v) is 11.6. The Labute approximate surface area is 204 Å². The van der Waals surface area contributed by atoms with Crippen LogP contribution in [0.2, 0.25) is 5.02 Å². The van der Waals surface area contributed by atoms with E-state index in [4.69, 9.17) is 21.1 Å². The van der Waals surface area contributed by atoms with Gasteiger partial charge >= 0.3 is 5.97 Å². The maximum atomic E-state index is 13.6. The number of ketones is 1. The largest absolute Gasteiger partial charge is 0.504 e. The van der Waals surface area contributed by atoms with Gasteiger partial charge in [0, 0.05) is 34.3 Å². The molecule has 0 saturated heterocycles. The summed E-state index contributed by atoms with van der Waals surface area (Å²) in [6, 6.07) is 12.5. The second-order valence-electron chi connectivity index (χ2n) is 8.95. The van der Waals surface area contributed by atoms with Gasteiger partial charge in [0.25, 0.3) is 0 Å². The number of nitrogens with one attached hydrogen (secondary N) is 1. The number of benzene rings is 2. The predicted molar refractivity (Wildman–Crippen MR) is 130 cm³/mol. The molecule has 0 amide bonds. The third-order valence-corrected chi connectivity index (χ3v) is 6.52. The first-order chi connectivity index (χ1) is 16.2. The van der Waals surface area contributed by atoms with Crippen LogP contribution in [0, 0.1) is 0 Å². The van der Waals surface area contributed by atoms with E-state index in [1.54, 1.807) is 26.0 Å². The molecule has 2 aromatic carbocycles. The number of carbonyl (C=O) groups is 2. The van der Waals surface area contributed by atoms with Crippen LogP contribution in [0.5, 0.6) is 11.5 Å². The zero-order valence-electron chi connectivity index (χ0n) is 19.6. The first-order valence-electron chi connectivity index (χ1n) is 11.3. The minimum Gasteiger partial charge on any atom is -0.504 e. The summed E-state index contributed by atoms with van der Waals surface area (Å²) in [5.74, 6) is -0.878. The second kappa shape index (κ2) is 9.55. The van der Waals surface area contributed by atoms with E-state index >= 15 is 0 Å². The number of esters is 1. The van der Waals surface area contributed by atoms with E-state index in [0.717, 1.165) is 11.3 Å². The van der Waals surface area contributed by atoms with Gasteiger partial charge < -0.3 is 19.9 Å². The molecule has 0 saturated carbocycles. The van der Waals surface area contributed by atoms with Gasteiger partial charge in [-0.05, 0) is 68.5 Å². The quantitative estimate of drug-likeness (QED) is 0.559. The molecule has 178 valence electrons. The Morgan fingerprint density at radius 3 is 2.44 bits per heavy atom. The third-order valence-electron chi connectivity index (χ3n) is 6.27. The van der Waals surface area contributed by atoms with Gasteiger partial charge in [0.2, 0.25) is 0 Å². The predicted octanol–water partition coefficient (Wildman–Crippen LogP) is 5.37. The number of dihydropyridines is 1. The fraction of sp³-hybridized carbons (Fsp3) is 0.333. The molecular weight excluding hydrogens is 454 g/mol. The SMILES string of the molecule is COc1cc([C@H]2C(C(=O)OC(C)C)=C(C)NC3=C2C(=O)C[C@@H](c2ccc(Cl)cc2)C3)ccc1O. The molecule has 0 unspecified atom stereocenters. The molecule has 0 fully saturated rings. The average molecular weight is 482 g/mol. The first kappa shape index (κ1) is 23.9. The zero-order valence-corrected chi connectivity index (χ0v) is 20.4. The average Bonchev–Trinajstić information content (AvgIpc) is 2.78. The number of hydrogen-bond donors (Lipinski definition) is 2. The van der Waals surface area contributed by atoms with Crippen molar-refractivity contribution in [2.45, 2.75) is 51.6 Å². The van der Waals surface area contributed by atoms with E-state index in [9.17, 15) is 14.7 Å². The molecule has 34 heavy (non-hydrogen) atoms. The van der Waals surface area contributed by atoms with E-state index in [1.165, 1.54) is 13.2 Å². The standard InChI is InChI=1S/C27H28ClNO5/c1-14(2)34-27(32)24-15(3)29-20-11-18(16-5-8-19(28)9-6-16)12-22(31)26(20)25(24)17-7-10-21(30)23(13-17)33-4/h5-10,13-14,18,25,29-30H,11-12H2,1-4H3/t18-,25-/m0/s1. The number of rotatable bonds is 5. The van der Waals surface area contributed by atoms with Crippen molar-refractivity contribution in [1.29, 1.82) is 0 Å². The molecule has 2 N–H and O–H groups in total. The minimum absolute atomic E-state index is 0.00276. The zero-order chi connectivity index (χ0) is 24.6. The molecule has 2 atom stereocenters. The van der Waals surface area contributed by atoms with Crippen LogP contribution in [0.3, 0.4) is 0 Å². The smallest absolute Gasteiger partial charge is 0.337 e. The van der Waals surface area contributed by atoms with Crippen LogP contribution in [0.4, 0.5) is 0 Å². The molecule has 7 heteroatoms. The van der Waals surface area contributed by atoms with E-state index in [1.807, 2.05) is 31.2 Å². The highest BCUT2D eigenvalue weighted by atomic mass is 35.5. The van der Waals surface area contributed by atoms with Crippen LogP contribution in [-0.2, 0) is 14.3 Å². The number of methoxy groups -OCH3 is 1. The van der Waals surface area contributed by atoms with E-state index in [-0.39, 0.29) is 29.3 Å². The number of allylic oxidation sites excluding steroid dienone is 3. The van der Waals surface area contributed by atoms with Gasteiger partial charge in [-0.3, -0.25) is 4.79 Å². The van der Waals surface area contributed by atoms with Gasteiger partial charge in [0.05, 0.1) is 18.8 Å². The van der Waals surface area contributed by atoms with Crippen molar-refractivity contribution >= 4 is 23.4 Å². The van der Waals surface area contributed by atoms with Gasteiger partial charge in [-0.1, -0.05) is 29.8 Å². The van der Waals surface area contributed by atoms with Crippen molar-refractivity contribution in [3.63, 3.8) is 0 Å². The fourth-order valence-corrected chi connectivity index (χ4v) is 4.89. The van der Waals surface area contributed by atoms with Gasteiger partial charge in [0.1, 0.15) is 0 Å². The van der Waals surface area contributed by atoms with E-state index in [0.29, 0.717) is 40.3 Å². The lowest BCUT2D eigenvalue weighted by Gasteiger charge is -2.37. The Morgan fingerprint density at radius 1 is 1.12 bits per heavy atom. The highest BCUT2D eigenvalue weighted by Gasteiger charge is 2.41. The number of phenolic OH excluding ortho intramolecular Hbond substituents is 1. The summed E-state index contributed by atoms with van der Waals surface area (Å²) in [5.41, 5.74) is 4.10. The number of halogens is 1. The van der Waals surface area contributed by atoms with Crippen molar-refractivity contribution in [2.24, 2.45) is 0 Å². The van der Waals surface area contributed by atoms with Crippen LogP contribution >= 0.6 is 11.6 Å². The Hall–Kier alpha value is -3.25. The number of Topliss-reactive ketones (excluding diaryl/α,β-unsaturated/α-hetero) is 1. The monoisotopic (exact) mass is 481 g/mol. The molecule has 0 bridgehead atoms. The van der Waals surface area contributed by atoms with Gasteiger partial charge in [-0.25, -0.2) is 4.79 Å². The van der Waals surface area contributed by atoms with Crippen molar-refractivity contribution in [2.75, 3.05) is 7.11 Å². The molecule has 0 aromatic heterocycles. The van der Waals surface area contributed by atoms with Gasteiger partial charge in [0.15, 0.2) is 17.3 Å². The van der Waals surface area contributed by atoms with Crippen molar-refractivity contribution in [3.05, 3.63) is 81.2 Å². The van der Waals surface area contributed by atoms with Gasteiger partial charge in [-0.15, -0.1) is 0 Å². The highest BCUT2D eigenvalue weighted by Crippen LogP contribution is 2.47. The summed E-state index contributed by atoms with van der Waals surface area (Å²) < 4.78 is 10.8. The lowest BCUT2D eigenvalue weighted by atomic mass is 9.71. The van der Waals surface area contributed by atoms with Crippen molar-refractivity contribution < 1.29 is 24.2 Å². The summed E-state index contributed by atoms with van der Waals surface area (Å²) in [6.07, 6.45) is 0.632. The molecule has 1 heterocycles. The lowest BCUT2D eigenvalue weighted by Crippen LogP contribution is -2.36. The summed E-state index contributed by atoms with van der Waals surface area (Å²) in [4.78, 5) is 26.8. The summed E-state index contributed by atoms with van der Waals surface area (Å²) in [6.45, 7) is 5.40. The number of ether oxygens (including phenoxy) is 2. The Kier molecular flexibility index (Phi) is 6.71. The Bertz CT molecular complexity index is 1200.